The highest BCUT2D eigenvalue weighted by Gasteiger charge is 2.44. The number of ether oxygens (including phenoxy) is 1. The van der Waals surface area contributed by atoms with Gasteiger partial charge in [0.1, 0.15) is 18.3 Å². The van der Waals surface area contributed by atoms with Crippen LogP contribution in [0.15, 0.2) is 15.8 Å². The van der Waals surface area contributed by atoms with Gasteiger partial charge in [-0.25, -0.2) is 4.79 Å². The summed E-state index contributed by atoms with van der Waals surface area (Å²) in [4.78, 5) is 23.5. The van der Waals surface area contributed by atoms with Crippen LogP contribution in [0.4, 0.5) is 4.39 Å². The van der Waals surface area contributed by atoms with Gasteiger partial charge in [0, 0.05) is 6.54 Å². The molecule has 0 aromatic carbocycles. The average molecular weight is 290 g/mol. The molecule has 0 radical (unpaired) electrons. The first-order valence-corrected chi connectivity index (χ1v) is 6.06. The third-order valence-corrected chi connectivity index (χ3v) is 3.26. The van der Waals surface area contributed by atoms with Crippen molar-refractivity contribution in [3.8, 4) is 0 Å². The first-order valence-electron chi connectivity index (χ1n) is 6.06. The second kappa shape index (κ2) is 5.44. The van der Waals surface area contributed by atoms with Crippen LogP contribution in [-0.4, -0.2) is 49.4 Å². The van der Waals surface area contributed by atoms with Crippen LogP contribution in [0.1, 0.15) is 13.2 Å². The van der Waals surface area contributed by atoms with E-state index in [0.29, 0.717) is 15.3 Å². The molecule has 1 aliphatic heterocycles. The van der Waals surface area contributed by atoms with E-state index in [1.807, 2.05) is 0 Å². The van der Waals surface area contributed by atoms with Crippen molar-refractivity contribution in [1.29, 1.82) is 0 Å². The van der Waals surface area contributed by atoms with E-state index < -0.39 is 48.2 Å². The summed E-state index contributed by atoms with van der Waals surface area (Å²) in [6.07, 6.45) is -4.78. The zero-order valence-electron chi connectivity index (χ0n) is 10.6. The third kappa shape index (κ3) is 2.18. The molecule has 1 aromatic rings. The van der Waals surface area contributed by atoms with Gasteiger partial charge < -0.3 is 20.1 Å². The molecule has 9 heteroatoms. The minimum atomic E-state index is -1.52. The Balaban J connectivity index is 2.52. The molecular formula is C11H15FN2O6. The number of hydrogen-bond acceptors (Lipinski definition) is 6. The number of halogens is 1. The van der Waals surface area contributed by atoms with Crippen LogP contribution in [0.2, 0.25) is 0 Å². The van der Waals surface area contributed by atoms with Crippen LogP contribution in [0, 0.1) is 5.82 Å². The highest BCUT2D eigenvalue weighted by molar-refractivity contribution is 4.96. The first-order chi connectivity index (χ1) is 9.42. The number of rotatable bonds is 3. The van der Waals surface area contributed by atoms with E-state index in [0.717, 1.165) is 0 Å². The Morgan fingerprint density at radius 3 is 2.50 bits per heavy atom. The van der Waals surface area contributed by atoms with Crippen LogP contribution in [-0.2, 0) is 11.3 Å². The van der Waals surface area contributed by atoms with E-state index in [1.165, 1.54) is 6.92 Å². The summed E-state index contributed by atoms with van der Waals surface area (Å²) >= 11 is 0. The molecule has 8 nitrogen and oxygen atoms in total. The molecule has 112 valence electrons. The summed E-state index contributed by atoms with van der Waals surface area (Å²) in [5.74, 6) is -1.18. The minimum absolute atomic E-state index is 0.0514. The second-order valence-electron chi connectivity index (χ2n) is 4.45. The molecule has 0 spiro atoms. The van der Waals surface area contributed by atoms with E-state index in [9.17, 15) is 24.2 Å². The van der Waals surface area contributed by atoms with Crippen LogP contribution in [0.3, 0.4) is 0 Å². The predicted molar refractivity (Wildman–Crippen MR) is 63.6 cm³/mol. The fraction of sp³-hybridized carbons (Fsp3) is 0.636. The maximum Gasteiger partial charge on any atom is 0.333 e. The van der Waals surface area contributed by atoms with Crippen LogP contribution in [0.5, 0.6) is 0 Å². The summed E-state index contributed by atoms with van der Waals surface area (Å²) in [6.45, 7) is 0.869. The molecule has 1 aromatic heterocycles. The van der Waals surface area contributed by atoms with Gasteiger partial charge >= 0.3 is 5.69 Å². The third-order valence-electron chi connectivity index (χ3n) is 3.26. The van der Waals surface area contributed by atoms with Crippen molar-refractivity contribution in [2.75, 3.05) is 6.61 Å². The molecule has 1 unspecified atom stereocenters. The number of aliphatic hydroxyl groups excluding tert-OH is 3. The summed E-state index contributed by atoms with van der Waals surface area (Å²) < 4.78 is 20.0. The van der Waals surface area contributed by atoms with Gasteiger partial charge in [0.15, 0.2) is 6.23 Å². The monoisotopic (exact) mass is 290 g/mol. The lowest BCUT2D eigenvalue weighted by Crippen LogP contribution is -2.44. The predicted octanol–water partition coefficient (Wildman–Crippen LogP) is -2.22. The van der Waals surface area contributed by atoms with Gasteiger partial charge in [0.2, 0.25) is 5.82 Å². The van der Waals surface area contributed by atoms with E-state index in [4.69, 9.17) is 9.84 Å². The smallest absolute Gasteiger partial charge is 0.333 e. The van der Waals surface area contributed by atoms with Crippen molar-refractivity contribution in [1.82, 2.24) is 9.13 Å². The fourth-order valence-corrected chi connectivity index (χ4v) is 2.16. The average Bonchev–Trinajstić information content (AvgIpc) is 2.71. The minimum Gasteiger partial charge on any atom is -0.394 e. The van der Waals surface area contributed by atoms with E-state index in [-0.39, 0.29) is 6.54 Å². The van der Waals surface area contributed by atoms with Crippen molar-refractivity contribution in [2.45, 2.75) is 38.0 Å². The fourth-order valence-electron chi connectivity index (χ4n) is 2.16. The molecule has 0 aliphatic carbocycles. The molecule has 20 heavy (non-hydrogen) atoms. The molecule has 3 N–H and O–H groups in total. The molecule has 1 saturated heterocycles. The van der Waals surface area contributed by atoms with Gasteiger partial charge in [-0.1, -0.05) is 0 Å². The van der Waals surface area contributed by atoms with Crippen molar-refractivity contribution >= 4 is 0 Å². The van der Waals surface area contributed by atoms with E-state index in [1.54, 1.807) is 0 Å². The number of nitrogens with zero attached hydrogens (tertiary/aromatic N) is 2. The topological polar surface area (TPSA) is 114 Å². The van der Waals surface area contributed by atoms with Crippen molar-refractivity contribution in [2.24, 2.45) is 0 Å². The van der Waals surface area contributed by atoms with Gasteiger partial charge in [-0.2, -0.15) is 4.39 Å². The van der Waals surface area contributed by atoms with Crippen molar-refractivity contribution in [3.05, 3.63) is 32.9 Å². The van der Waals surface area contributed by atoms with Crippen LogP contribution in [0.25, 0.3) is 0 Å². The maximum atomic E-state index is 13.5. The number of aromatic nitrogens is 2. The van der Waals surface area contributed by atoms with Crippen LogP contribution < -0.4 is 11.2 Å². The highest BCUT2D eigenvalue weighted by atomic mass is 19.1. The summed E-state index contributed by atoms with van der Waals surface area (Å²) in [5.41, 5.74) is -1.94. The number of aliphatic hydroxyl groups is 3. The normalized spacial score (nSPS) is 29.9. The molecule has 0 saturated carbocycles. The van der Waals surface area contributed by atoms with Crippen LogP contribution >= 0.6 is 0 Å². The zero-order chi connectivity index (χ0) is 15.0. The van der Waals surface area contributed by atoms with Crippen molar-refractivity contribution < 1.29 is 24.4 Å². The standard InChI is InChI=1S/C11H15FN2O6/c1-2-13-9(18)5(12)3-14(11(13)19)10-8(17)7(16)6(4-15)20-10/h3,6-8,10,15-17H,2,4H2,1H3/t6-,7-,8+,10?/m1/s1. The highest BCUT2D eigenvalue weighted by Crippen LogP contribution is 2.27. The molecule has 1 fully saturated rings. The maximum absolute atomic E-state index is 13.5. The Morgan fingerprint density at radius 1 is 1.35 bits per heavy atom. The zero-order valence-corrected chi connectivity index (χ0v) is 10.6. The first kappa shape index (κ1) is 14.9. The summed E-state index contributed by atoms with van der Waals surface area (Å²) in [7, 11) is 0. The van der Waals surface area contributed by atoms with Gasteiger partial charge in [-0.3, -0.25) is 13.9 Å². The summed E-state index contributed by atoms with van der Waals surface area (Å²) in [6, 6.07) is 0. The molecule has 0 bridgehead atoms. The lowest BCUT2D eigenvalue weighted by atomic mass is 10.1. The second-order valence-corrected chi connectivity index (χ2v) is 4.45. The van der Waals surface area contributed by atoms with Crippen molar-refractivity contribution in [3.63, 3.8) is 0 Å². The van der Waals surface area contributed by atoms with E-state index >= 15 is 0 Å². The Hall–Kier alpha value is -1.55. The molecule has 4 atom stereocenters. The van der Waals surface area contributed by atoms with Gasteiger partial charge in [0.05, 0.1) is 12.8 Å². The SMILES string of the molecule is CCn1c(=O)c(F)cn(C2O[C@H](CO)[C@@H](O)[C@@H]2O)c1=O. The lowest BCUT2D eigenvalue weighted by Gasteiger charge is -2.18. The Labute approximate surface area is 112 Å². The molecule has 0 amide bonds. The summed E-state index contributed by atoms with van der Waals surface area (Å²) in [5, 5.41) is 28.4. The van der Waals surface area contributed by atoms with E-state index in [2.05, 4.69) is 0 Å². The lowest BCUT2D eigenvalue weighted by molar-refractivity contribution is -0.0560. The Bertz CT molecular complexity index is 612. The quantitative estimate of drug-likeness (QED) is 0.581. The van der Waals surface area contributed by atoms with Gasteiger partial charge in [-0.15, -0.1) is 0 Å². The Morgan fingerprint density at radius 2 is 2.00 bits per heavy atom. The molecule has 2 rings (SSSR count). The largest absolute Gasteiger partial charge is 0.394 e. The number of hydrogen-bond donors (Lipinski definition) is 3. The Kier molecular flexibility index (Phi) is 4.04. The molecule has 2 heterocycles. The molecular weight excluding hydrogens is 275 g/mol. The van der Waals surface area contributed by atoms with Gasteiger partial charge in [0.25, 0.3) is 5.56 Å². The molecule has 1 aliphatic rings. The van der Waals surface area contributed by atoms with Gasteiger partial charge in [-0.05, 0) is 6.92 Å².